The minimum absolute atomic E-state index is 0.221. The molecule has 0 aliphatic heterocycles. The molecule has 0 fully saturated rings. The number of nitrogens with one attached hydrogen (secondary N) is 1. The number of hydrogen-bond donors (Lipinski definition) is 2. The summed E-state index contributed by atoms with van der Waals surface area (Å²) in [5, 5.41) is 2.49. The van der Waals surface area contributed by atoms with Crippen LogP contribution in [0.25, 0.3) is 0 Å². The van der Waals surface area contributed by atoms with Crippen molar-refractivity contribution in [2.75, 3.05) is 6.54 Å². The molecule has 10 heavy (non-hydrogen) atoms. The zero-order chi connectivity index (χ0) is 7.98. The van der Waals surface area contributed by atoms with Gasteiger partial charge in [0, 0.05) is 13.0 Å². The second-order valence-corrected chi connectivity index (χ2v) is 2.04. The maximum absolute atomic E-state index is 10.7. The predicted molar refractivity (Wildman–Crippen MR) is 37.3 cm³/mol. The number of carbonyl (C=O) groups excluding carboxylic acids is 2. The molecule has 1 atom stereocenters. The van der Waals surface area contributed by atoms with E-state index in [2.05, 4.69) is 5.32 Å². The minimum atomic E-state index is -0.494. The molecule has 0 saturated heterocycles. The Balaban J connectivity index is 3.30. The minimum Gasteiger partial charge on any atom is -0.354 e. The molecule has 0 radical (unpaired) electrons. The molecular formula is C6H12N2O2. The molecule has 0 aromatic heterocycles. The summed E-state index contributed by atoms with van der Waals surface area (Å²) in [6.07, 6.45) is 1.10. The first kappa shape index (κ1) is 9.10. The first-order valence-corrected chi connectivity index (χ1v) is 3.15. The van der Waals surface area contributed by atoms with Gasteiger partial charge in [-0.1, -0.05) is 0 Å². The molecule has 1 amide bonds. The van der Waals surface area contributed by atoms with Gasteiger partial charge in [-0.15, -0.1) is 0 Å². The fraction of sp³-hybridized carbons (Fsp3) is 0.667. The number of rotatable bonds is 4. The monoisotopic (exact) mass is 144 g/mol. The van der Waals surface area contributed by atoms with E-state index in [4.69, 9.17) is 5.73 Å². The van der Waals surface area contributed by atoms with Gasteiger partial charge >= 0.3 is 0 Å². The molecule has 0 unspecified atom stereocenters. The summed E-state index contributed by atoms with van der Waals surface area (Å²) in [6.45, 7) is 1.97. The first-order valence-electron chi connectivity index (χ1n) is 3.15. The summed E-state index contributed by atoms with van der Waals surface area (Å²) in [7, 11) is 0. The van der Waals surface area contributed by atoms with Gasteiger partial charge in [-0.25, -0.2) is 0 Å². The van der Waals surface area contributed by atoms with E-state index in [1.807, 2.05) is 0 Å². The Hall–Kier alpha value is -0.900. The van der Waals surface area contributed by atoms with Crippen LogP contribution in [-0.2, 0) is 9.59 Å². The SMILES string of the molecule is C[C@H](N)C(=O)NCCC=O. The second kappa shape index (κ2) is 4.93. The van der Waals surface area contributed by atoms with Gasteiger partial charge in [-0.2, -0.15) is 0 Å². The van der Waals surface area contributed by atoms with Gasteiger partial charge in [0.25, 0.3) is 0 Å². The fourth-order valence-electron chi connectivity index (χ4n) is 0.415. The standard InChI is InChI=1S/C6H12N2O2/c1-5(7)6(10)8-3-2-4-9/h4-5H,2-3,7H2,1H3,(H,8,10)/t5-/m0/s1. The second-order valence-electron chi connectivity index (χ2n) is 2.04. The fourth-order valence-corrected chi connectivity index (χ4v) is 0.415. The molecule has 0 aromatic rings. The quantitative estimate of drug-likeness (QED) is 0.394. The van der Waals surface area contributed by atoms with Crippen LogP contribution in [0.2, 0.25) is 0 Å². The lowest BCUT2D eigenvalue weighted by atomic mass is 10.3. The Morgan fingerprint density at radius 3 is 2.80 bits per heavy atom. The third-order valence-electron chi connectivity index (χ3n) is 0.975. The molecule has 58 valence electrons. The van der Waals surface area contributed by atoms with Crippen molar-refractivity contribution < 1.29 is 9.59 Å². The Morgan fingerprint density at radius 1 is 1.80 bits per heavy atom. The highest BCUT2D eigenvalue weighted by Crippen LogP contribution is 1.74. The van der Waals surface area contributed by atoms with E-state index in [-0.39, 0.29) is 5.91 Å². The van der Waals surface area contributed by atoms with Gasteiger partial charge in [-0.05, 0) is 6.92 Å². The Bertz CT molecular complexity index is 123. The number of amides is 1. The van der Waals surface area contributed by atoms with Gasteiger partial charge in [0.2, 0.25) is 5.91 Å². The highest BCUT2D eigenvalue weighted by atomic mass is 16.2. The van der Waals surface area contributed by atoms with Crippen LogP contribution in [0.5, 0.6) is 0 Å². The average molecular weight is 144 g/mol. The normalized spacial score (nSPS) is 12.2. The molecule has 0 heterocycles. The topological polar surface area (TPSA) is 72.2 Å². The van der Waals surface area contributed by atoms with Crippen molar-refractivity contribution in [1.29, 1.82) is 0 Å². The summed E-state index contributed by atoms with van der Waals surface area (Å²) in [6, 6.07) is -0.494. The largest absolute Gasteiger partial charge is 0.354 e. The highest BCUT2D eigenvalue weighted by Gasteiger charge is 2.04. The predicted octanol–water partition coefficient (Wildman–Crippen LogP) is -0.961. The maximum atomic E-state index is 10.7. The smallest absolute Gasteiger partial charge is 0.236 e. The molecular weight excluding hydrogens is 132 g/mol. The molecule has 0 spiro atoms. The average Bonchev–Trinajstić information content (AvgIpc) is 1.88. The summed E-state index contributed by atoms with van der Waals surface area (Å²) in [5.41, 5.74) is 5.22. The van der Waals surface area contributed by atoms with Crippen molar-refractivity contribution in [3.8, 4) is 0 Å². The molecule has 0 aromatic carbocycles. The molecule has 0 rings (SSSR count). The third kappa shape index (κ3) is 4.03. The van der Waals surface area contributed by atoms with Crippen LogP contribution in [-0.4, -0.2) is 24.8 Å². The lowest BCUT2D eigenvalue weighted by Gasteiger charge is -2.04. The summed E-state index contributed by atoms with van der Waals surface area (Å²) in [4.78, 5) is 20.4. The van der Waals surface area contributed by atoms with Crippen LogP contribution in [0.1, 0.15) is 13.3 Å². The van der Waals surface area contributed by atoms with Gasteiger partial charge in [0.15, 0.2) is 0 Å². The number of carbonyl (C=O) groups is 2. The van der Waals surface area contributed by atoms with Gasteiger partial charge < -0.3 is 15.8 Å². The van der Waals surface area contributed by atoms with E-state index in [1.165, 1.54) is 0 Å². The Labute approximate surface area is 59.8 Å². The van der Waals surface area contributed by atoms with E-state index >= 15 is 0 Å². The maximum Gasteiger partial charge on any atom is 0.236 e. The van der Waals surface area contributed by atoms with Crippen molar-refractivity contribution >= 4 is 12.2 Å². The molecule has 4 nitrogen and oxygen atoms in total. The molecule has 0 saturated carbocycles. The van der Waals surface area contributed by atoms with E-state index in [0.717, 1.165) is 6.29 Å². The Kier molecular flexibility index (Phi) is 4.49. The zero-order valence-corrected chi connectivity index (χ0v) is 5.96. The van der Waals surface area contributed by atoms with Crippen molar-refractivity contribution in [2.24, 2.45) is 5.73 Å². The molecule has 0 bridgehead atoms. The van der Waals surface area contributed by atoms with E-state index in [0.29, 0.717) is 13.0 Å². The van der Waals surface area contributed by atoms with Crippen LogP contribution < -0.4 is 11.1 Å². The highest BCUT2D eigenvalue weighted by molar-refractivity contribution is 5.81. The molecule has 3 N–H and O–H groups in total. The van der Waals surface area contributed by atoms with Crippen molar-refractivity contribution in [3.05, 3.63) is 0 Å². The van der Waals surface area contributed by atoms with Crippen molar-refractivity contribution in [1.82, 2.24) is 5.32 Å². The van der Waals surface area contributed by atoms with Crippen molar-refractivity contribution in [2.45, 2.75) is 19.4 Å². The molecule has 0 aliphatic rings. The summed E-state index contributed by atoms with van der Waals surface area (Å²) >= 11 is 0. The van der Waals surface area contributed by atoms with E-state index in [1.54, 1.807) is 6.92 Å². The molecule has 4 heteroatoms. The van der Waals surface area contributed by atoms with Gasteiger partial charge in [0.1, 0.15) is 6.29 Å². The summed E-state index contributed by atoms with van der Waals surface area (Å²) < 4.78 is 0. The molecule has 0 aliphatic carbocycles. The third-order valence-corrected chi connectivity index (χ3v) is 0.975. The number of nitrogens with two attached hydrogens (primary N) is 1. The van der Waals surface area contributed by atoms with Crippen LogP contribution >= 0.6 is 0 Å². The van der Waals surface area contributed by atoms with Crippen LogP contribution in [0, 0.1) is 0 Å². The van der Waals surface area contributed by atoms with Crippen LogP contribution in [0.15, 0.2) is 0 Å². The van der Waals surface area contributed by atoms with Crippen LogP contribution in [0.3, 0.4) is 0 Å². The van der Waals surface area contributed by atoms with E-state index in [9.17, 15) is 9.59 Å². The lowest BCUT2D eigenvalue weighted by molar-refractivity contribution is -0.122. The first-order chi connectivity index (χ1) is 4.68. The summed E-state index contributed by atoms with van der Waals surface area (Å²) in [5.74, 6) is -0.221. The number of aldehydes is 1. The van der Waals surface area contributed by atoms with Crippen molar-refractivity contribution in [3.63, 3.8) is 0 Å². The number of hydrogen-bond acceptors (Lipinski definition) is 3. The van der Waals surface area contributed by atoms with Gasteiger partial charge in [-0.3, -0.25) is 4.79 Å². The Morgan fingerprint density at radius 2 is 2.40 bits per heavy atom. The van der Waals surface area contributed by atoms with Gasteiger partial charge in [0.05, 0.1) is 6.04 Å². The van der Waals surface area contributed by atoms with Crippen LogP contribution in [0.4, 0.5) is 0 Å². The van der Waals surface area contributed by atoms with E-state index < -0.39 is 6.04 Å². The lowest BCUT2D eigenvalue weighted by Crippen LogP contribution is -2.38. The zero-order valence-electron chi connectivity index (χ0n) is 5.96.